The SMILES string of the molecule is CC(C)C(CNC(=O)N(CCC#N)C(C)C)C(=O)O. The van der Waals surface area contributed by atoms with Crippen LogP contribution in [0.3, 0.4) is 0 Å². The van der Waals surface area contributed by atoms with Crippen LogP contribution in [-0.2, 0) is 4.79 Å². The van der Waals surface area contributed by atoms with Crippen molar-refractivity contribution in [3.8, 4) is 6.07 Å². The molecule has 0 rings (SSSR count). The highest BCUT2D eigenvalue weighted by atomic mass is 16.4. The minimum Gasteiger partial charge on any atom is -0.481 e. The lowest BCUT2D eigenvalue weighted by atomic mass is 9.96. The molecule has 1 atom stereocenters. The van der Waals surface area contributed by atoms with E-state index in [4.69, 9.17) is 10.4 Å². The molecular weight excluding hydrogens is 246 g/mol. The number of carboxylic acids is 1. The average molecular weight is 269 g/mol. The van der Waals surface area contributed by atoms with E-state index in [9.17, 15) is 9.59 Å². The Kier molecular flexibility index (Phi) is 7.57. The van der Waals surface area contributed by atoms with E-state index in [1.165, 1.54) is 4.90 Å². The van der Waals surface area contributed by atoms with E-state index in [2.05, 4.69) is 5.32 Å². The van der Waals surface area contributed by atoms with Gasteiger partial charge in [0.25, 0.3) is 0 Å². The second-order valence-electron chi connectivity index (χ2n) is 5.07. The van der Waals surface area contributed by atoms with E-state index < -0.39 is 11.9 Å². The second kappa shape index (κ2) is 8.35. The number of nitrogens with one attached hydrogen (secondary N) is 1. The monoisotopic (exact) mass is 269 g/mol. The van der Waals surface area contributed by atoms with Gasteiger partial charge in [-0.1, -0.05) is 13.8 Å². The van der Waals surface area contributed by atoms with Crippen molar-refractivity contribution in [2.45, 2.75) is 40.2 Å². The highest BCUT2D eigenvalue weighted by molar-refractivity contribution is 5.76. The predicted molar refractivity (Wildman–Crippen MR) is 71.4 cm³/mol. The van der Waals surface area contributed by atoms with Crippen LogP contribution in [0.4, 0.5) is 4.79 Å². The van der Waals surface area contributed by atoms with E-state index in [0.717, 1.165) is 0 Å². The Balaban J connectivity index is 4.48. The molecule has 0 bridgehead atoms. The van der Waals surface area contributed by atoms with Crippen LogP contribution in [0, 0.1) is 23.2 Å². The number of carbonyl (C=O) groups excluding carboxylic acids is 1. The molecule has 0 aromatic rings. The standard InChI is InChI=1S/C13H23N3O3/c1-9(2)11(12(17)18)8-15-13(19)16(10(3)4)7-5-6-14/h9-11H,5,7-8H2,1-4H3,(H,15,19)(H,17,18). The largest absolute Gasteiger partial charge is 0.481 e. The molecule has 0 saturated carbocycles. The molecule has 1 unspecified atom stereocenters. The van der Waals surface area contributed by atoms with Crippen molar-refractivity contribution < 1.29 is 14.7 Å². The molecule has 0 fully saturated rings. The molecular formula is C13H23N3O3. The molecule has 108 valence electrons. The van der Waals surface area contributed by atoms with Crippen LogP contribution in [0.1, 0.15) is 34.1 Å². The fourth-order valence-corrected chi connectivity index (χ4v) is 1.67. The number of rotatable bonds is 7. The predicted octanol–water partition coefficient (Wildman–Crippen LogP) is 1.68. The fraction of sp³-hybridized carbons (Fsp3) is 0.769. The molecule has 19 heavy (non-hydrogen) atoms. The summed E-state index contributed by atoms with van der Waals surface area (Å²) >= 11 is 0. The first-order chi connectivity index (χ1) is 8.81. The summed E-state index contributed by atoms with van der Waals surface area (Å²) in [5, 5.41) is 20.2. The van der Waals surface area contributed by atoms with Crippen LogP contribution in [0.25, 0.3) is 0 Å². The molecule has 6 heteroatoms. The lowest BCUT2D eigenvalue weighted by Crippen LogP contribution is -2.47. The topological polar surface area (TPSA) is 93.4 Å². The van der Waals surface area contributed by atoms with Crippen molar-refractivity contribution >= 4 is 12.0 Å². The highest BCUT2D eigenvalue weighted by Gasteiger charge is 2.24. The van der Waals surface area contributed by atoms with Crippen molar-refractivity contribution in [3.05, 3.63) is 0 Å². The van der Waals surface area contributed by atoms with Crippen LogP contribution in [-0.4, -0.2) is 41.1 Å². The first-order valence-corrected chi connectivity index (χ1v) is 6.45. The molecule has 0 aromatic carbocycles. The molecule has 2 amide bonds. The second-order valence-corrected chi connectivity index (χ2v) is 5.07. The summed E-state index contributed by atoms with van der Waals surface area (Å²) in [6.45, 7) is 7.77. The van der Waals surface area contributed by atoms with Gasteiger partial charge in [0.15, 0.2) is 0 Å². The van der Waals surface area contributed by atoms with E-state index in [1.807, 2.05) is 19.9 Å². The number of nitrogens with zero attached hydrogens (tertiary/aromatic N) is 2. The Morgan fingerprint density at radius 1 is 1.32 bits per heavy atom. The van der Waals surface area contributed by atoms with Gasteiger partial charge in [-0.25, -0.2) is 4.79 Å². The molecule has 0 aliphatic rings. The average Bonchev–Trinajstić information content (AvgIpc) is 2.28. The van der Waals surface area contributed by atoms with Gasteiger partial charge in [-0.05, 0) is 19.8 Å². The number of hydrogen-bond acceptors (Lipinski definition) is 3. The summed E-state index contributed by atoms with van der Waals surface area (Å²) in [6.07, 6.45) is 0.262. The van der Waals surface area contributed by atoms with Crippen LogP contribution >= 0.6 is 0 Å². The van der Waals surface area contributed by atoms with Gasteiger partial charge in [-0.2, -0.15) is 5.26 Å². The van der Waals surface area contributed by atoms with Gasteiger partial charge in [0.2, 0.25) is 0 Å². The van der Waals surface area contributed by atoms with Crippen LogP contribution in [0.2, 0.25) is 0 Å². The number of nitriles is 1. The van der Waals surface area contributed by atoms with Crippen LogP contribution < -0.4 is 5.32 Å². The summed E-state index contributed by atoms with van der Waals surface area (Å²) < 4.78 is 0. The Labute approximate surface area is 114 Å². The number of carbonyl (C=O) groups is 2. The fourth-order valence-electron chi connectivity index (χ4n) is 1.67. The summed E-state index contributed by atoms with van der Waals surface area (Å²) in [6, 6.07) is 1.64. The number of urea groups is 1. The quantitative estimate of drug-likeness (QED) is 0.735. The summed E-state index contributed by atoms with van der Waals surface area (Å²) in [4.78, 5) is 24.5. The van der Waals surface area contributed by atoms with E-state index >= 15 is 0 Å². The Hall–Kier alpha value is -1.77. The zero-order chi connectivity index (χ0) is 15.0. The number of aliphatic carboxylic acids is 1. The third-order valence-corrected chi connectivity index (χ3v) is 2.94. The van der Waals surface area contributed by atoms with Crippen LogP contribution in [0.15, 0.2) is 0 Å². The number of hydrogen-bond donors (Lipinski definition) is 2. The molecule has 0 saturated heterocycles. The molecule has 0 spiro atoms. The minimum atomic E-state index is -0.913. The van der Waals surface area contributed by atoms with Gasteiger partial charge in [0.05, 0.1) is 18.4 Å². The van der Waals surface area contributed by atoms with Crippen molar-refractivity contribution in [1.29, 1.82) is 5.26 Å². The zero-order valence-electron chi connectivity index (χ0n) is 12.0. The first-order valence-electron chi connectivity index (χ1n) is 6.45. The Bertz CT molecular complexity index is 348. The van der Waals surface area contributed by atoms with Crippen molar-refractivity contribution in [1.82, 2.24) is 10.2 Å². The van der Waals surface area contributed by atoms with Crippen LogP contribution in [0.5, 0.6) is 0 Å². The van der Waals surface area contributed by atoms with Crippen molar-refractivity contribution in [2.75, 3.05) is 13.1 Å². The maximum Gasteiger partial charge on any atom is 0.317 e. The van der Waals surface area contributed by atoms with Gasteiger partial charge in [0.1, 0.15) is 0 Å². The normalized spacial score (nSPS) is 12.1. The van der Waals surface area contributed by atoms with E-state index in [1.54, 1.807) is 13.8 Å². The number of carboxylic acid groups (broad SMARTS) is 1. The molecule has 0 aliphatic carbocycles. The number of amides is 2. The minimum absolute atomic E-state index is 0.0318. The summed E-state index contributed by atoms with van der Waals surface area (Å²) in [7, 11) is 0. The zero-order valence-corrected chi connectivity index (χ0v) is 12.0. The maximum atomic E-state index is 12.0. The lowest BCUT2D eigenvalue weighted by Gasteiger charge is -2.27. The van der Waals surface area contributed by atoms with Gasteiger partial charge in [-0.3, -0.25) is 4.79 Å². The molecule has 2 N–H and O–H groups in total. The van der Waals surface area contributed by atoms with E-state index in [-0.39, 0.29) is 31.0 Å². The van der Waals surface area contributed by atoms with Crippen molar-refractivity contribution in [3.63, 3.8) is 0 Å². The molecule has 0 aliphatic heterocycles. The van der Waals surface area contributed by atoms with Crippen molar-refractivity contribution in [2.24, 2.45) is 11.8 Å². The molecule has 0 heterocycles. The van der Waals surface area contributed by atoms with Gasteiger partial charge < -0.3 is 15.3 Å². The Morgan fingerprint density at radius 3 is 2.26 bits per heavy atom. The summed E-state index contributed by atoms with van der Waals surface area (Å²) in [5.74, 6) is -1.57. The molecule has 0 aromatic heterocycles. The van der Waals surface area contributed by atoms with E-state index in [0.29, 0.717) is 6.54 Å². The maximum absolute atomic E-state index is 12.0. The third kappa shape index (κ3) is 6.09. The van der Waals surface area contributed by atoms with Gasteiger partial charge in [0, 0.05) is 19.1 Å². The molecule has 0 radical (unpaired) electrons. The van der Waals surface area contributed by atoms with Gasteiger partial charge in [-0.15, -0.1) is 0 Å². The lowest BCUT2D eigenvalue weighted by molar-refractivity contribution is -0.142. The van der Waals surface area contributed by atoms with Gasteiger partial charge >= 0.3 is 12.0 Å². The Morgan fingerprint density at radius 2 is 1.89 bits per heavy atom. The molecule has 6 nitrogen and oxygen atoms in total. The first kappa shape index (κ1) is 17.2. The smallest absolute Gasteiger partial charge is 0.317 e. The summed E-state index contributed by atoms with van der Waals surface area (Å²) in [5.41, 5.74) is 0. The third-order valence-electron chi connectivity index (χ3n) is 2.94. The highest BCUT2D eigenvalue weighted by Crippen LogP contribution is 2.10.